The van der Waals surface area contributed by atoms with E-state index < -0.39 is 0 Å². The van der Waals surface area contributed by atoms with Crippen LogP contribution in [0, 0.1) is 12.3 Å². The monoisotopic (exact) mass is 318 g/mol. The van der Waals surface area contributed by atoms with Gasteiger partial charge < -0.3 is 15.4 Å². The average Bonchev–Trinajstić information content (AvgIpc) is 2.54. The Kier molecular flexibility index (Phi) is 5.82. The van der Waals surface area contributed by atoms with Crippen LogP contribution in [0.4, 0.5) is 0 Å². The number of carbonyl (C=O) groups is 1. The Morgan fingerprint density at radius 2 is 1.96 bits per heavy atom. The molecule has 1 aliphatic heterocycles. The second kappa shape index (κ2) is 7.45. The maximum absolute atomic E-state index is 12.9. The number of nitrogens with one attached hydrogen (secondary N) is 2. The van der Waals surface area contributed by atoms with Gasteiger partial charge in [0.05, 0.1) is 12.0 Å². The van der Waals surface area contributed by atoms with E-state index in [2.05, 4.69) is 55.7 Å². The normalized spacial score (nSPS) is 17.7. The molecule has 0 atom stereocenters. The van der Waals surface area contributed by atoms with Gasteiger partial charge in [0.1, 0.15) is 0 Å². The van der Waals surface area contributed by atoms with Crippen molar-refractivity contribution >= 4 is 5.91 Å². The summed E-state index contributed by atoms with van der Waals surface area (Å²) in [6.45, 7) is 9.36. The maximum Gasteiger partial charge on any atom is 0.228 e. The predicted octanol–water partition coefficient (Wildman–Crippen LogP) is 2.41. The number of carbonyl (C=O) groups excluding carboxylic acids is 1. The molecule has 4 nitrogen and oxygen atoms in total. The molecule has 0 bridgehead atoms. The third kappa shape index (κ3) is 4.12. The highest BCUT2D eigenvalue weighted by atomic mass is 16.5. The highest BCUT2D eigenvalue weighted by Crippen LogP contribution is 2.30. The summed E-state index contributed by atoms with van der Waals surface area (Å²) in [6.07, 6.45) is 1.66. The molecular weight excluding hydrogens is 288 g/mol. The molecule has 1 amide bonds. The fourth-order valence-electron chi connectivity index (χ4n) is 3.53. The topological polar surface area (TPSA) is 50.4 Å². The maximum atomic E-state index is 12.9. The lowest BCUT2D eigenvalue weighted by Crippen LogP contribution is -2.52. The fourth-order valence-corrected chi connectivity index (χ4v) is 3.53. The largest absolute Gasteiger partial charge is 0.384 e. The number of amides is 1. The summed E-state index contributed by atoms with van der Waals surface area (Å²) < 4.78 is 5.35. The lowest BCUT2D eigenvalue weighted by molar-refractivity contribution is -0.136. The first-order valence-electron chi connectivity index (χ1n) is 8.45. The van der Waals surface area contributed by atoms with Gasteiger partial charge in [0.2, 0.25) is 5.91 Å². The highest BCUT2D eigenvalue weighted by molar-refractivity contribution is 5.83. The number of piperidine rings is 1. The number of ether oxygens (including phenoxy) is 1. The van der Waals surface area contributed by atoms with Crippen molar-refractivity contribution in [1.29, 1.82) is 0 Å². The molecule has 4 heteroatoms. The van der Waals surface area contributed by atoms with Crippen molar-refractivity contribution in [3.63, 3.8) is 0 Å². The van der Waals surface area contributed by atoms with Crippen molar-refractivity contribution in [2.45, 2.75) is 39.0 Å². The number of rotatable bonds is 6. The van der Waals surface area contributed by atoms with Crippen LogP contribution in [0.5, 0.6) is 0 Å². The third-order valence-electron chi connectivity index (χ3n) is 5.03. The molecule has 23 heavy (non-hydrogen) atoms. The van der Waals surface area contributed by atoms with E-state index in [-0.39, 0.29) is 16.7 Å². The van der Waals surface area contributed by atoms with Crippen LogP contribution < -0.4 is 10.6 Å². The molecule has 0 spiro atoms. The van der Waals surface area contributed by atoms with E-state index >= 15 is 0 Å². The predicted molar refractivity (Wildman–Crippen MR) is 93.6 cm³/mol. The minimum Gasteiger partial charge on any atom is -0.384 e. The van der Waals surface area contributed by atoms with Gasteiger partial charge in [-0.05, 0) is 44.0 Å². The van der Waals surface area contributed by atoms with E-state index in [4.69, 9.17) is 4.74 Å². The minimum atomic E-state index is -0.387. The Hall–Kier alpha value is -1.39. The smallest absolute Gasteiger partial charge is 0.228 e. The molecule has 2 rings (SSSR count). The molecule has 0 aromatic heterocycles. The van der Waals surface area contributed by atoms with Crippen LogP contribution in [0.15, 0.2) is 24.3 Å². The second-order valence-corrected chi connectivity index (χ2v) is 7.34. The second-order valence-electron chi connectivity index (χ2n) is 7.34. The van der Waals surface area contributed by atoms with Crippen molar-refractivity contribution in [2.24, 2.45) is 5.41 Å². The van der Waals surface area contributed by atoms with Gasteiger partial charge in [0.25, 0.3) is 0 Å². The summed E-state index contributed by atoms with van der Waals surface area (Å²) in [5.74, 6) is 0.127. The minimum absolute atomic E-state index is 0.0951. The van der Waals surface area contributed by atoms with Gasteiger partial charge in [0.15, 0.2) is 0 Å². The van der Waals surface area contributed by atoms with E-state index in [0.29, 0.717) is 13.2 Å². The standard InChI is InChI=1S/C19H30N2O2/c1-15-7-5-6-8-16(15)18(2,3)13-21-17(22)19(14-23-4)9-11-20-12-10-19/h5-8,20H,9-14H2,1-4H3,(H,21,22). The lowest BCUT2D eigenvalue weighted by atomic mass is 9.77. The van der Waals surface area contributed by atoms with Crippen LogP contribution in [-0.2, 0) is 14.9 Å². The molecule has 128 valence electrons. The van der Waals surface area contributed by atoms with E-state index in [1.54, 1.807) is 7.11 Å². The van der Waals surface area contributed by atoms with Crippen molar-refractivity contribution in [2.75, 3.05) is 33.4 Å². The van der Waals surface area contributed by atoms with Crippen LogP contribution in [-0.4, -0.2) is 39.3 Å². The molecule has 1 saturated heterocycles. The number of methoxy groups -OCH3 is 1. The Bertz CT molecular complexity index is 528. The SMILES string of the molecule is COCC1(C(=O)NCC(C)(C)c2ccccc2C)CCNCC1. The van der Waals surface area contributed by atoms with Crippen LogP contribution in [0.25, 0.3) is 0 Å². The summed E-state index contributed by atoms with van der Waals surface area (Å²) in [7, 11) is 1.67. The summed E-state index contributed by atoms with van der Waals surface area (Å²) >= 11 is 0. The first-order chi connectivity index (χ1) is 10.9. The Balaban J connectivity index is 2.06. The zero-order valence-electron chi connectivity index (χ0n) is 14.9. The van der Waals surface area contributed by atoms with Crippen molar-refractivity contribution < 1.29 is 9.53 Å². The van der Waals surface area contributed by atoms with E-state index in [0.717, 1.165) is 25.9 Å². The molecule has 1 aliphatic rings. The molecule has 0 radical (unpaired) electrons. The van der Waals surface area contributed by atoms with Crippen LogP contribution in [0.3, 0.4) is 0 Å². The molecule has 0 saturated carbocycles. The number of hydrogen-bond donors (Lipinski definition) is 2. The summed E-state index contributed by atoms with van der Waals surface area (Å²) in [5, 5.41) is 6.52. The van der Waals surface area contributed by atoms with Crippen LogP contribution in [0.2, 0.25) is 0 Å². The lowest BCUT2D eigenvalue weighted by Gasteiger charge is -2.37. The quantitative estimate of drug-likeness (QED) is 0.847. The van der Waals surface area contributed by atoms with Crippen molar-refractivity contribution in [1.82, 2.24) is 10.6 Å². The first-order valence-corrected chi connectivity index (χ1v) is 8.45. The molecule has 0 aliphatic carbocycles. The first kappa shape index (κ1) is 18.0. The van der Waals surface area contributed by atoms with Gasteiger partial charge in [-0.15, -0.1) is 0 Å². The zero-order valence-corrected chi connectivity index (χ0v) is 14.9. The van der Waals surface area contributed by atoms with Gasteiger partial charge in [0, 0.05) is 19.1 Å². The van der Waals surface area contributed by atoms with Crippen LogP contribution in [0.1, 0.15) is 37.8 Å². The van der Waals surface area contributed by atoms with Gasteiger partial charge in [-0.2, -0.15) is 0 Å². The molecule has 2 N–H and O–H groups in total. The van der Waals surface area contributed by atoms with E-state index in [9.17, 15) is 4.79 Å². The number of aryl methyl sites for hydroxylation is 1. The third-order valence-corrected chi connectivity index (χ3v) is 5.03. The summed E-state index contributed by atoms with van der Waals surface area (Å²) in [6, 6.07) is 8.39. The van der Waals surface area contributed by atoms with Gasteiger partial charge in [-0.1, -0.05) is 38.1 Å². The molecule has 1 aromatic carbocycles. The summed E-state index contributed by atoms with van der Waals surface area (Å²) in [5.41, 5.74) is 2.07. The molecule has 1 fully saturated rings. The highest BCUT2D eigenvalue weighted by Gasteiger charge is 2.40. The molecular formula is C19H30N2O2. The number of hydrogen-bond acceptors (Lipinski definition) is 3. The van der Waals surface area contributed by atoms with E-state index in [1.165, 1.54) is 11.1 Å². The zero-order chi connectivity index (χ0) is 16.9. The van der Waals surface area contributed by atoms with E-state index in [1.807, 2.05) is 0 Å². The number of benzene rings is 1. The van der Waals surface area contributed by atoms with Crippen molar-refractivity contribution in [3.05, 3.63) is 35.4 Å². The van der Waals surface area contributed by atoms with Gasteiger partial charge in [-0.25, -0.2) is 0 Å². The van der Waals surface area contributed by atoms with Crippen LogP contribution >= 0.6 is 0 Å². The summed E-state index contributed by atoms with van der Waals surface area (Å²) in [4.78, 5) is 12.9. The fraction of sp³-hybridized carbons (Fsp3) is 0.632. The van der Waals surface area contributed by atoms with Crippen molar-refractivity contribution in [3.8, 4) is 0 Å². The average molecular weight is 318 g/mol. The molecule has 1 aromatic rings. The Morgan fingerprint density at radius 3 is 2.57 bits per heavy atom. The molecule has 1 heterocycles. The Morgan fingerprint density at radius 1 is 1.30 bits per heavy atom. The molecule has 0 unspecified atom stereocenters. The van der Waals surface area contributed by atoms with Gasteiger partial charge in [-0.3, -0.25) is 4.79 Å². The Labute approximate surface area is 140 Å². The van der Waals surface area contributed by atoms with Gasteiger partial charge >= 0.3 is 0 Å².